The summed E-state index contributed by atoms with van der Waals surface area (Å²) in [5, 5.41) is 61.5. The van der Waals surface area contributed by atoms with Gasteiger partial charge < -0.3 is 85.1 Å². The summed E-state index contributed by atoms with van der Waals surface area (Å²) in [6.07, 6.45) is 0.547. The number of aliphatic hydroxyl groups is 1. The van der Waals surface area contributed by atoms with Crippen molar-refractivity contribution in [3.05, 3.63) is 126 Å². The second kappa shape index (κ2) is 33.2. The number of rotatable bonds is 33. The molecule has 9 amide bonds. The Labute approximate surface area is 502 Å². The minimum absolute atomic E-state index is 0.000555. The molecule has 4 aromatic carbocycles. The number of phenolic OH excluding ortho intramolecular Hbond substituents is 3. The number of phenols is 3. The molecule has 0 aliphatic rings. The summed E-state index contributed by atoms with van der Waals surface area (Å²) in [6.45, 7) is 3.06. The maximum absolute atomic E-state index is 14.9. The average Bonchev–Trinajstić information content (AvgIpc) is 3.65. The molecule has 27 heteroatoms. The standard InChI is InChI=1S/C58H76N12O13S2/c1-3-39(52(77)68-46(30-85)58(83)70-49(31(2)71)50(61)75)63-53(78)41(15-9-10-22-59)64-56(81)44(27-35-28-62-40-14-8-7-13-37(35)40)67-54(79)43(25-33-16-19-36(72)20-17-33)66-57(82)45(29-84)69-55(80)42(24-32-11-5-4-6-12-32)65-51(76)38(60)23-34-18-21-47(73)48(74)26-34/h4-8,11-14,16-21,26,28,31,38-39,41-46,49,62,71-74,84-85H,3,9-10,15,22-25,27,29-30,59-60H2,1-2H3,(H2,61,75)(H,63,78)(H,64,81)(H,65,76)(H,66,82)(H,67,79)(H,68,77)(H,69,80)(H,70,83)/t31-,38+,39+,41+,42-,43+,44-,45+,46+,49+/m1/s1. The van der Waals surface area contributed by atoms with Gasteiger partial charge in [-0.05, 0) is 98.2 Å². The number of fused-ring (bicyclic) bond motifs is 1. The lowest BCUT2D eigenvalue weighted by Crippen LogP contribution is -2.61. The van der Waals surface area contributed by atoms with Crippen molar-refractivity contribution in [2.24, 2.45) is 17.2 Å². The van der Waals surface area contributed by atoms with Crippen LogP contribution in [0.1, 0.15) is 61.8 Å². The molecule has 1 aromatic heterocycles. The second-order valence-electron chi connectivity index (χ2n) is 20.4. The number of unbranched alkanes of at least 4 members (excludes halogenated alkanes) is 1. The predicted octanol–water partition coefficient (Wildman–Crippen LogP) is -0.974. The lowest BCUT2D eigenvalue weighted by Gasteiger charge is -2.28. The van der Waals surface area contributed by atoms with E-state index >= 15 is 0 Å². The van der Waals surface area contributed by atoms with E-state index in [2.05, 4.69) is 72.8 Å². The minimum Gasteiger partial charge on any atom is -0.508 e. The smallest absolute Gasteiger partial charge is 0.244 e. The lowest BCUT2D eigenvalue weighted by molar-refractivity contribution is -0.136. The first-order chi connectivity index (χ1) is 40.5. The van der Waals surface area contributed by atoms with Crippen LogP contribution in [0.25, 0.3) is 10.9 Å². The zero-order valence-corrected chi connectivity index (χ0v) is 48.7. The van der Waals surface area contributed by atoms with Crippen molar-refractivity contribution < 1.29 is 63.6 Å². The Morgan fingerprint density at radius 2 is 1.00 bits per heavy atom. The summed E-state index contributed by atoms with van der Waals surface area (Å²) in [5.41, 5.74) is 20.2. The summed E-state index contributed by atoms with van der Waals surface area (Å²) in [7, 11) is 0. The highest BCUT2D eigenvalue weighted by Crippen LogP contribution is 2.26. The SMILES string of the molecule is CC[C@H](NC(=O)[C@H](CCCCN)NC(=O)[C@@H](Cc1c[nH]c2ccccc12)NC(=O)[C@H](Cc1ccc(O)cc1)NC(=O)[C@H](CS)NC(=O)[C@@H](Cc1ccccc1)NC(=O)[C@@H](N)Cc1ccc(O)c(O)c1)C(=O)N[C@@H](CS)C(=O)N[C@H](C(N)=O)[C@@H](C)O. The summed E-state index contributed by atoms with van der Waals surface area (Å²) in [6, 6.07) is 13.3. The van der Waals surface area contributed by atoms with Crippen LogP contribution in [0.2, 0.25) is 0 Å². The van der Waals surface area contributed by atoms with Crippen LogP contribution in [0, 0.1) is 0 Å². The van der Waals surface area contributed by atoms with E-state index in [9.17, 15) is 63.6 Å². The van der Waals surface area contributed by atoms with Crippen molar-refractivity contribution in [1.29, 1.82) is 0 Å². The number of benzene rings is 4. The van der Waals surface area contributed by atoms with Crippen molar-refractivity contribution >= 4 is 89.3 Å². The third-order valence-corrected chi connectivity index (χ3v) is 14.6. The Morgan fingerprint density at radius 3 is 1.55 bits per heavy atom. The van der Waals surface area contributed by atoms with Gasteiger partial charge in [0, 0.05) is 47.9 Å². The number of primary amides is 1. The third kappa shape index (κ3) is 20.4. The van der Waals surface area contributed by atoms with Crippen LogP contribution < -0.4 is 59.7 Å². The van der Waals surface area contributed by atoms with Gasteiger partial charge in [-0.15, -0.1) is 0 Å². The van der Waals surface area contributed by atoms with Crippen LogP contribution in [0.15, 0.2) is 103 Å². The predicted molar refractivity (Wildman–Crippen MR) is 323 cm³/mol. The molecule has 458 valence electrons. The first-order valence-corrected chi connectivity index (χ1v) is 28.8. The van der Waals surface area contributed by atoms with E-state index in [4.69, 9.17) is 17.2 Å². The van der Waals surface area contributed by atoms with Crippen LogP contribution >= 0.6 is 25.3 Å². The minimum atomic E-state index is -1.49. The van der Waals surface area contributed by atoms with Crippen LogP contribution in [0.4, 0.5) is 0 Å². The van der Waals surface area contributed by atoms with Crippen molar-refractivity contribution in [2.45, 2.75) is 126 Å². The van der Waals surface area contributed by atoms with Gasteiger partial charge in [0.25, 0.3) is 0 Å². The normalized spacial score (nSPS) is 14.7. The molecule has 19 N–H and O–H groups in total. The lowest BCUT2D eigenvalue weighted by atomic mass is 10.0. The van der Waals surface area contributed by atoms with Crippen molar-refractivity contribution in [3.8, 4) is 17.2 Å². The summed E-state index contributed by atoms with van der Waals surface area (Å²) < 4.78 is 0. The molecule has 0 bridgehead atoms. The van der Waals surface area contributed by atoms with E-state index in [1.165, 1.54) is 49.4 Å². The molecule has 10 atom stereocenters. The van der Waals surface area contributed by atoms with Gasteiger partial charge >= 0.3 is 0 Å². The molecule has 0 unspecified atom stereocenters. The highest BCUT2D eigenvalue weighted by Gasteiger charge is 2.35. The fraction of sp³-hybridized carbons (Fsp3) is 0.397. The Bertz CT molecular complexity index is 3100. The molecule has 0 saturated heterocycles. The highest BCUT2D eigenvalue weighted by atomic mass is 32.1. The number of hydrogen-bond donors (Lipinski definition) is 18. The van der Waals surface area contributed by atoms with E-state index in [0.29, 0.717) is 46.0 Å². The van der Waals surface area contributed by atoms with Crippen molar-refractivity contribution in [2.75, 3.05) is 18.1 Å². The topological polar surface area (TPSA) is 425 Å². The van der Waals surface area contributed by atoms with Gasteiger partial charge in [-0.25, -0.2) is 0 Å². The summed E-state index contributed by atoms with van der Waals surface area (Å²) in [4.78, 5) is 128. The van der Waals surface area contributed by atoms with Crippen molar-refractivity contribution in [1.82, 2.24) is 47.5 Å². The van der Waals surface area contributed by atoms with Gasteiger partial charge in [-0.2, -0.15) is 25.3 Å². The number of H-pyrrole nitrogens is 1. The maximum atomic E-state index is 14.9. The molecular formula is C58H76N12O13S2. The first-order valence-electron chi connectivity index (χ1n) is 27.5. The number of aromatic hydroxyl groups is 3. The molecule has 85 heavy (non-hydrogen) atoms. The number of carbonyl (C=O) groups is 9. The van der Waals surface area contributed by atoms with E-state index in [0.717, 1.165) is 0 Å². The Hall–Kier alpha value is -8.37. The Morgan fingerprint density at radius 1 is 0.529 bits per heavy atom. The molecule has 5 rings (SSSR count). The number of aromatic nitrogens is 1. The van der Waals surface area contributed by atoms with Gasteiger partial charge in [-0.3, -0.25) is 43.2 Å². The van der Waals surface area contributed by atoms with Gasteiger partial charge in [0.15, 0.2) is 11.5 Å². The number of nitrogens with two attached hydrogens (primary N) is 3. The largest absolute Gasteiger partial charge is 0.508 e. The molecule has 0 aliphatic heterocycles. The van der Waals surface area contributed by atoms with E-state index in [1.54, 1.807) is 61.7 Å². The van der Waals surface area contributed by atoms with Gasteiger partial charge in [0.05, 0.1) is 12.1 Å². The number of amides is 9. The molecular weight excluding hydrogens is 1140 g/mol. The molecule has 5 aromatic rings. The summed E-state index contributed by atoms with van der Waals surface area (Å²) >= 11 is 8.54. The van der Waals surface area contributed by atoms with Crippen LogP contribution in [-0.2, 0) is 68.8 Å². The number of thiol groups is 2. The zero-order valence-electron chi connectivity index (χ0n) is 47.0. The molecule has 0 fully saturated rings. The van der Waals surface area contributed by atoms with Gasteiger partial charge in [0.2, 0.25) is 53.2 Å². The van der Waals surface area contributed by atoms with Crippen molar-refractivity contribution in [3.63, 3.8) is 0 Å². The van der Waals surface area contributed by atoms with Crippen LogP contribution in [0.3, 0.4) is 0 Å². The number of aliphatic hydroxyl groups excluding tert-OH is 1. The highest BCUT2D eigenvalue weighted by molar-refractivity contribution is 7.80. The number of nitrogens with one attached hydrogen (secondary N) is 9. The van der Waals surface area contributed by atoms with E-state index < -0.39 is 119 Å². The fourth-order valence-corrected chi connectivity index (χ4v) is 9.52. The molecule has 1 heterocycles. The maximum Gasteiger partial charge on any atom is 0.244 e. The Balaban J connectivity index is 1.40. The molecule has 0 saturated carbocycles. The number of para-hydroxylation sites is 1. The molecule has 25 nitrogen and oxygen atoms in total. The molecule has 0 aliphatic carbocycles. The average molecular weight is 1210 g/mol. The van der Waals surface area contributed by atoms with E-state index in [-0.39, 0.29) is 68.1 Å². The van der Waals surface area contributed by atoms with Crippen LogP contribution in [0.5, 0.6) is 17.2 Å². The number of hydrogen-bond acceptors (Lipinski definition) is 17. The zero-order chi connectivity index (χ0) is 62.3. The van der Waals surface area contributed by atoms with E-state index in [1.807, 2.05) is 6.07 Å². The Kier molecular flexibility index (Phi) is 26.3. The first kappa shape index (κ1) is 67.4. The second-order valence-corrected chi connectivity index (χ2v) is 21.1. The quantitative estimate of drug-likeness (QED) is 0.0137. The van der Waals surface area contributed by atoms with Gasteiger partial charge in [-0.1, -0.05) is 73.7 Å². The summed E-state index contributed by atoms with van der Waals surface area (Å²) in [5.74, 6) is -9.17. The molecule has 0 radical (unpaired) electrons. The number of aromatic amines is 1. The number of carbonyl (C=O) groups excluding carboxylic acids is 9. The fourth-order valence-electron chi connectivity index (χ4n) is 9.01. The molecule has 0 spiro atoms. The third-order valence-electron chi connectivity index (χ3n) is 13.8. The van der Waals surface area contributed by atoms with Crippen LogP contribution in [-0.4, -0.2) is 157 Å². The monoisotopic (exact) mass is 1210 g/mol. The van der Waals surface area contributed by atoms with Gasteiger partial charge in [0.1, 0.15) is 54.1 Å².